The van der Waals surface area contributed by atoms with Gasteiger partial charge in [-0.1, -0.05) is 58.2 Å². The summed E-state index contributed by atoms with van der Waals surface area (Å²) in [6.07, 6.45) is 0.243. The first-order valence-electron chi connectivity index (χ1n) is 8.17. The van der Waals surface area contributed by atoms with Gasteiger partial charge >= 0.3 is 0 Å². The lowest BCUT2D eigenvalue weighted by Gasteiger charge is -2.19. The summed E-state index contributed by atoms with van der Waals surface area (Å²) in [4.78, 5) is 12.8. The quantitative estimate of drug-likeness (QED) is 0.524. The van der Waals surface area contributed by atoms with Gasteiger partial charge in [-0.15, -0.1) is 0 Å². The molecule has 134 valence electrons. The number of halogens is 2. The van der Waals surface area contributed by atoms with Crippen molar-refractivity contribution in [1.29, 1.82) is 0 Å². The second kappa shape index (κ2) is 7.94. The molecule has 0 radical (unpaired) electrons. The molecule has 0 aliphatic heterocycles. The van der Waals surface area contributed by atoms with Crippen LogP contribution in [-0.2, 0) is 0 Å². The molecular weight excluding hydrogens is 371 g/mol. The van der Waals surface area contributed by atoms with Gasteiger partial charge in [-0.05, 0) is 37.6 Å². The highest BCUT2D eigenvalue weighted by atomic mass is 35.5. The lowest BCUT2D eigenvalue weighted by molar-refractivity contribution is 0.0976. The van der Waals surface area contributed by atoms with Crippen LogP contribution in [0.2, 0.25) is 10.0 Å². The van der Waals surface area contributed by atoms with Crippen molar-refractivity contribution < 1.29 is 9.32 Å². The van der Waals surface area contributed by atoms with E-state index in [4.69, 9.17) is 27.7 Å². The van der Waals surface area contributed by atoms with Crippen molar-refractivity contribution in [3.05, 3.63) is 81.0 Å². The van der Waals surface area contributed by atoms with Gasteiger partial charge in [0.15, 0.2) is 11.6 Å². The first-order valence-corrected chi connectivity index (χ1v) is 8.92. The Labute approximate surface area is 162 Å². The maximum atomic E-state index is 12.8. The van der Waals surface area contributed by atoms with Crippen LogP contribution in [0.25, 0.3) is 0 Å². The van der Waals surface area contributed by atoms with E-state index in [-0.39, 0.29) is 18.2 Å². The molecule has 26 heavy (non-hydrogen) atoms. The smallest absolute Gasteiger partial charge is 0.170 e. The number of aryl methyl sites for hydroxylation is 2. The minimum Gasteiger partial charge on any atom is -0.360 e. The summed E-state index contributed by atoms with van der Waals surface area (Å²) < 4.78 is 5.11. The van der Waals surface area contributed by atoms with Crippen molar-refractivity contribution in [2.24, 2.45) is 0 Å². The zero-order chi connectivity index (χ0) is 18.7. The van der Waals surface area contributed by atoms with E-state index in [1.54, 1.807) is 24.3 Å². The van der Waals surface area contributed by atoms with E-state index in [2.05, 4.69) is 10.5 Å². The Hall–Kier alpha value is -2.30. The Kier molecular flexibility index (Phi) is 5.64. The number of benzene rings is 2. The van der Waals surface area contributed by atoms with E-state index in [0.29, 0.717) is 27.2 Å². The number of hydrogen-bond acceptors (Lipinski definition) is 4. The minimum atomic E-state index is -0.249. The fourth-order valence-corrected chi connectivity index (χ4v) is 3.02. The number of anilines is 1. The van der Waals surface area contributed by atoms with E-state index in [0.717, 1.165) is 11.1 Å². The lowest BCUT2D eigenvalue weighted by atomic mass is 9.96. The monoisotopic (exact) mass is 388 g/mol. The SMILES string of the molecule is Cc1cccc(C(CC(=O)c2ccc(Cl)c(Cl)c2)Nc2cc(C)on2)c1. The molecule has 0 fully saturated rings. The molecule has 0 amide bonds. The van der Waals surface area contributed by atoms with Crippen LogP contribution in [0, 0.1) is 13.8 Å². The predicted molar refractivity (Wildman–Crippen MR) is 104 cm³/mol. The highest BCUT2D eigenvalue weighted by molar-refractivity contribution is 6.42. The molecule has 1 N–H and O–H groups in total. The number of hydrogen-bond donors (Lipinski definition) is 1. The van der Waals surface area contributed by atoms with Crippen LogP contribution in [0.15, 0.2) is 53.1 Å². The number of nitrogens with one attached hydrogen (secondary N) is 1. The van der Waals surface area contributed by atoms with Crippen molar-refractivity contribution in [3.8, 4) is 0 Å². The van der Waals surface area contributed by atoms with E-state index >= 15 is 0 Å². The summed E-state index contributed by atoms with van der Waals surface area (Å²) in [6.45, 7) is 3.84. The van der Waals surface area contributed by atoms with Crippen molar-refractivity contribution in [3.63, 3.8) is 0 Å². The number of carbonyl (C=O) groups is 1. The van der Waals surface area contributed by atoms with Gasteiger partial charge in [0.05, 0.1) is 16.1 Å². The van der Waals surface area contributed by atoms with Gasteiger partial charge in [-0.25, -0.2) is 0 Å². The second-order valence-electron chi connectivity index (χ2n) is 6.19. The number of ketones is 1. The predicted octanol–water partition coefficient (Wildman–Crippen LogP) is 6.02. The summed E-state index contributed by atoms with van der Waals surface area (Å²) in [7, 11) is 0. The Balaban J connectivity index is 1.87. The largest absolute Gasteiger partial charge is 0.360 e. The van der Waals surface area contributed by atoms with Crippen molar-refractivity contribution >= 4 is 34.8 Å². The molecule has 1 atom stereocenters. The molecule has 3 aromatic rings. The lowest BCUT2D eigenvalue weighted by Crippen LogP contribution is -2.16. The molecule has 0 saturated carbocycles. The molecule has 0 aliphatic carbocycles. The van der Waals surface area contributed by atoms with Gasteiger partial charge < -0.3 is 9.84 Å². The average Bonchev–Trinajstić information content (AvgIpc) is 3.01. The van der Waals surface area contributed by atoms with Gasteiger partial charge in [-0.3, -0.25) is 4.79 Å². The van der Waals surface area contributed by atoms with Crippen LogP contribution >= 0.6 is 23.2 Å². The zero-order valence-electron chi connectivity index (χ0n) is 14.4. The Morgan fingerprint density at radius 2 is 1.92 bits per heavy atom. The number of Topliss-reactive ketones (excluding diaryl/α,β-unsaturated/α-hetero) is 1. The molecule has 6 heteroatoms. The molecule has 0 bridgehead atoms. The highest BCUT2D eigenvalue weighted by Crippen LogP contribution is 2.27. The van der Waals surface area contributed by atoms with Crippen LogP contribution in [0.5, 0.6) is 0 Å². The number of nitrogens with zero attached hydrogens (tertiary/aromatic N) is 1. The fourth-order valence-electron chi connectivity index (χ4n) is 2.72. The van der Waals surface area contributed by atoms with E-state index in [1.165, 1.54) is 0 Å². The third kappa shape index (κ3) is 4.45. The highest BCUT2D eigenvalue weighted by Gasteiger charge is 2.19. The summed E-state index contributed by atoms with van der Waals surface area (Å²) in [6, 6.07) is 14.5. The fraction of sp³-hybridized carbons (Fsp3) is 0.200. The number of aromatic nitrogens is 1. The maximum Gasteiger partial charge on any atom is 0.170 e. The number of carbonyl (C=O) groups excluding carboxylic acids is 1. The molecule has 0 saturated heterocycles. The van der Waals surface area contributed by atoms with Gasteiger partial charge in [0.2, 0.25) is 0 Å². The Morgan fingerprint density at radius 3 is 2.58 bits per heavy atom. The molecular formula is C20H18Cl2N2O2. The van der Waals surface area contributed by atoms with Crippen LogP contribution in [-0.4, -0.2) is 10.9 Å². The van der Waals surface area contributed by atoms with E-state index in [1.807, 2.05) is 38.1 Å². The number of rotatable bonds is 6. The third-order valence-corrected chi connectivity index (χ3v) is 4.76. The first kappa shape index (κ1) is 18.5. The van der Waals surface area contributed by atoms with Gasteiger partial charge in [-0.2, -0.15) is 0 Å². The Bertz CT molecular complexity index is 937. The molecule has 4 nitrogen and oxygen atoms in total. The standard InChI is InChI=1S/C20H18Cl2N2O2/c1-12-4-3-5-14(8-12)18(23-20-9-13(2)26-24-20)11-19(25)15-6-7-16(21)17(22)10-15/h3-10,18H,11H2,1-2H3,(H,23,24). The summed E-state index contributed by atoms with van der Waals surface area (Å²) >= 11 is 12.0. The average molecular weight is 389 g/mol. The second-order valence-corrected chi connectivity index (χ2v) is 7.00. The third-order valence-electron chi connectivity index (χ3n) is 4.03. The molecule has 0 spiro atoms. The summed E-state index contributed by atoms with van der Waals surface area (Å²) in [5.74, 6) is 1.25. The molecule has 2 aromatic carbocycles. The van der Waals surface area contributed by atoms with Gasteiger partial charge in [0.1, 0.15) is 5.76 Å². The van der Waals surface area contributed by atoms with Gasteiger partial charge in [0, 0.05) is 18.1 Å². The Morgan fingerprint density at radius 1 is 1.12 bits per heavy atom. The first-order chi connectivity index (χ1) is 12.4. The molecule has 1 unspecified atom stereocenters. The normalized spacial score (nSPS) is 12.0. The minimum absolute atomic E-state index is 0.0391. The van der Waals surface area contributed by atoms with Crippen LogP contribution in [0.1, 0.15) is 39.7 Å². The topological polar surface area (TPSA) is 55.1 Å². The molecule has 1 aromatic heterocycles. The molecule has 1 heterocycles. The van der Waals surface area contributed by atoms with Gasteiger partial charge in [0.25, 0.3) is 0 Å². The summed E-state index contributed by atoms with van der Waals surface area (Å²) in [5, 5.41) is 8.05. The molecule has 3 rings (SSSR count). The summed E-state index contributed by atoms with van der Waals surface area (Å²) in [5.41, 5.74) is 2.64. The van der Waals surface area contributed by atoms with Crippen molar-refractivity contribution in [1.82, 2.24) is 5.16 Å². The van der Waals surface area contributed by atoms with Crippen molar-refractivity contribution in [2.45, 2.75) is 26.3 Å². The molecule has 0 aliphatic rings. The van der Waals surface area contributed by atoms with Crippen LogP contribution in [0.4, 0.5) is 5.82 Å². The van der Waals surface area contributed by atoms with Crippen LogP contribution in [0.3, 0.4) is 0 Å². The van der Waals surface area contributed by atoms with E-state index < -0.39 is 0 Å². The van der Waals surface area contributed by atoms with Crippen molar-refractivity contribution in [2.75, 3.05) is 5.32 Å². The zero-order valence-corrected chi connectivity index (χ0v) is 15.9. The van der Waals surface area contributed by atoms with Crippen LogP contribution < -0.4 is 5.32 Å². The van der Waals surface area contributed by atoms with E-state index in [9.17, 15) is 4.79 Å². The maximum absolute atomic E-state index is 12.8.